The SMILES string of the molecule is CCOC(=O)c1cccc(-n2c(C)cc(C=C3C(=O)NC(=O)N(c4cccc(F)c4)C3=O)c2C)c1. The van der Waals surface area contributed by atoms with Crippen LogP contribution in [-0.4, -0.2) is 35.0 Å². The fourth-order valence-electron chi connectivity index (χ4n) is 3.98. The largest absolute Gasteiger partial charge is 0.462 e. The van der Waals surface area contributed by atoms with Crippen molar-refractivity contribution in [2.75, 3.05) is 11.5 Å². The van der Waals surface area contributed by atoms with Gasteiger partial charge in [0.25, 0.3) is 11.8 Å². The molecule has 0 bridgehead atoms. The van der Waals surface area contributed by atoms with Crippen molar-refractivity contribution in [1.82, 2.24) is 9.88 Å². The molecule has 1 aliphatic heterocycles. The van der Waals surface area contributed by atoms with Crippen LogP contribution in [0.1, 0.15) is 34.2 Å². The van der Waals surface area contributed by atoms with Gasteiger partial charge in [0.05, 0.1) is 17.9 Å². The van der Waals surface area contributed by atoms with Gasteiger partial charge in [-0.15, -0.1) is 0 Å². The molecule has 0 atom stereocenters. The van der Waals surface area contributed by atoms with E-state index in [0.29, 0.717) is 22.5 Å². The van der Waals surface area contributed by atoms with E-state index >= 15 is 0 Å². The maximum Gasteiger partial charge on any atom is 0.338 e. The number of benzene rings is 2. The molecule has 8 nitrogen and oxygen atoms in total. The number of hydrogen-bond donors (Lipinski definition) is 1. The molecule has 0 unspecified atom stereocenters. The maximum absolute atomic E-state index is 13.7. The Labute approximate surface area is 200 Å². The summed E-state index contributed by atoms with van der Waals surface area (Å²) in [5, 5.41) is 2.13. The Balaban J connectivity index is 1.74. The smallest absolute Gasteiger partial charge is 0.338 e. The normalized spacial score (nSPS) is 14.9. The van der Waals surface area contributed by atoms with Crippen molar-refractivity contribution in [1.29, 1.82) is 0 Å². The average Bonchev–Trinajstić information content (AvgIpc) is 3.09. The summed E-state index contributed by atoms with van der Waals surface area (Å²) in [5.74, 6) is -2.77. The lowest BCUT2D eigenvalue weighted by Crippen LogP contribution is -2.54. The number of hydrogen-bond acceptors (Lipinski definition) is 5. The van der Waals surface area contributed by atoms with E-state index in [9.17, 15) is 23.6 Å². The first kappa shape index (κ1) is 23.6. The first-order chi connectivity index (χ1) is 16.7. The summed E-state index contributed by atoms with van der Waals surface area (Å²) in [4.78, 5) is 50.9. The lowest BCUT2D eigenvalue weighted by molar-refractivity contribution is -0.122. The zero-order valence-corrected chi connectivity index (χ0v) is 19.3. The fourth-order valence-corrected chi connectivity index (χ4v) is 3.98. The second-order valence-corrected chi connectivity index (χ2v) is 7.87. The quantitative estimate of drug-likeness (QED) is 0.341. The van der Waals surface area contributed by atoms with Crippen LogP contribution in [0.4, 0.5) is 14.9 Å². The zero-order chi connectivity index (χ0) is 25.3. The first-order valence-electron chi connectivity index (χ1n) is 10.8. The average molecular weight is 475 g/mol. The number of urea groups is 1. The molecule has 1 aromatic heterocycles. The van der Waals surface area contributed by atoms with Crippen LogP contribution in [0, 0.1) is 19.7 Å². The Kier molecular flexibility index (Phi) is 6.33. The highest BCUT2D eigenvalue weighted by Crippen LogP contribution is 2.26. The minimum Gasteiger partial charge on any atom is -0.462 e. The molecule has 0 spiro atoms. The summed E-state index contributed by atoms with van der Waals surface area (Å²) >= 11 is 0. The fraction of sp³-hybridized carbons (Fsp3) is 0.154. The summed E-state index contributed by atoms with van der Waals surface area (Å²) in [6.45, 7) is 5.63. The molecule has 2 aromatic carbocycles. The van der Waals surface area contributed by atoms with Crippen molar-refractivity contribution in [3.63, 3.8) is 0 Å². The number of carbonyl (C=O) groups is 4. The summed E-state index contributed by atoms with van der Waals surface area (Å²) in [6.07, 6.45) is 1.39. The molecule has 4 amide bonds. The van der Waals surface area contributed by atoms with E-state index in [1.807, 2.05) is 17.6 Å². The van der Waals surface area contributed by atoms with Gasteiger partial charge in [-0.1, -0.05) is 12.1 Å². The van der Waals surface area contributed by atoms with Gasteiger partial charge in [0.1, 0.15) is 11.4 Å². The second kappa shape index (κ2) is 9.38. The number of anilines is 1. The van der Waals surface area contributed by atoms with Gasteiger partial charge in [-0.05, 0) is 74.9 Å². The lowest BCUT2D eigenvalue weighted by Gasteiger charge is -2.26. The number of barbiturate groups is 1. The van der Waals surface area contributed by atoms with E-state index in [1.54, 1.807) is 38.1 Å². The van der Waals surface area contributed by atoms with E-state index in [2.05, 4.69) is 5.32 Å². The third-order valence-electron chi connectivity index (χ3n) is 5.55. The maximum atomic E-state index is 13.7. The predicted octanol–water partition coefficient (Wildman–Crippen LogP) is 4.08. The summed E-state index contributed by atoms with van der Waals surface area (Å²) in [6, 6.07) is 12.7. The minimum absolute atomic E-state index is 0.00662. The molecule has 1 N–H and O–H groups in total. The Morgan fingerprint density at radius 1 is 1.03 bits per heavy atom. The van der Waals surface area contributed by atoms with Crippen LogP contribution in [0.25, 0.3) is 11.8 Å². The van der Waals surface area contributed by atoms with Crippen LogP contribution in [-0.2, 0) is 14.3 Å². The number of aromatic nitrogens is 1. The van der Waals surface area contributed by atoms with E-state index in [4.69, 9.17) is 4.74 Å². The second-order valence-electron chi connectivity index (χ2n) is 7.87. The number of imide groups is 2. The topological polar surface area (TPSA) is 97.7 Å². The van der Waals surface area contributed by atoms with Crippen molar-refractivity contribution in [3.05, 3.63) is 88.5 Å². The molecule has 2 heterocycles. The molecule has 0 aliphatic carbocycles. The van der Waals surface area contributed by atoms with Crippen LogP contribution in [0.2, 0.25) is 0 Å². The van der Waals surface area contributed by atoms with E-state index in [1.165, 1.54) is 24.3 Å². The van der Waals surface area contributed by atoms with Gasteiger partial charge in [-0.25, -0.2) is 18.9 Å². The minimum atomic E-state index is -0.955. The van der Waals surface area contributed by atoms with Crippen LogP contribution >= 0.6 is 0 Å². The van der Waals surface area contributed by atoms with E-state index in [0.717, 1.165) is 16.7 Å². The molecule has 4 rings (SSSR count). The van der Waals surface area contributed by atoms with Crippen LogP contribution in [0.3, 0.4) is 0 Å². The summed E-state index contributed by atoms with van der Waals surface area (Å²) < 4.78 is 20.6. The Hall–Kier alpha value is -4.53. The van der Waals surface area contributed by atoms with Crippen molar-refractivity contribution in [3.8, 4) is 5.69 Å². The number of halogens is 1. The van der Waals surface area contributed by atoms with Crippen molar-refractivity contribution < 1.29 is 28.3 Å². The number of carbonyl (C=O) groups excluding carboxylic acids is 4. The number of ether oxygens (including phenoxy) is 1. The number of amides is 4. The van der Waals surface area contributed by atoms with Gasteiger partial charge < -0.3 is 9.30 Å². The number of nitrogens with zero attached hydrogens (tertiary/aromatic N) is 2. The lowest BCUT2D eigenvalue weighted by atomic mass is 10.1. The van der Waals surface area contributed by atoms with Gasteiger partial charge in [0.2, 0.25) is 0 Å². The predicted molar refractivity (Wildman–Crippen MR) is 127 cm³/mol. The van der Waals surface area contributed by atoms with Crippen molar-refractivity contribution in [2.45, 2.75) is 20.8 Å². The molecular formula is C26H22FN3O5. The summed E-state index contributed by atoms with van der Waals surface area (Å²) in [7, 11) is 0. The third-order valence-corrected chi connectivity index (χ3v) is 5.55. The highest BCUT2D eigenvalue weighted by molar-refractivity contribution is 6.39. The Morgan fingerprint density at radius 2 is 1.74 bits per heavy atom. The number of rotatable bonds is 5. The number of nitrogens with one attached hydrogen (secondary N) is 1. The molecule has 178 valence electrons. The van der Waals surface area contributed by atoms with Gasteiger partial charge in [-0.2, -0.15) is 0 Å². The number of aryl methyl sites for hydroxylation is 1. The highest BCUT2D eigenvalue weighted by Gasteiger charge is 2.37. The van der Waals surface area contributed by atoms with Crippen molar-refractivity contribution in [2.24, 2.45) is 0 Å². The van der Waals surface area contributed by atoms with Gasteiger partial charge in [0.15, 0.2) is 0 Å². The zero-order valence-electron chi connectivity index (χ0n) is 19.3. The van der Waals surface area contributed by atoms with Gasteiger partial charge in [-0.3, -0.25) is 14.9 Å². The van der Waals surface area contributed by atoms with E-state index in [-0.39, 0.29) is 17.9 Å². The third kappa shape index (κ3) is 4.48. The first-order valence-corrected chi connectivity index (χ1v) is 10.8. The van der Waals surface area contributed by atoms with Crippen LogP contribution in [0.15, 0.2) is 60.2 Å². The van der Waals surface area contributed by atoms with Crippen LogP contribution < -0.4 is 10.2 Å². The standard InChI is InChI=1S/C26H22FN3O5/c1-4-35-25(33)17-7-5-9-20(12-17)29-15(2)11-18(16(29)3)13-22-23(31)28-26(34)30(24(22)32)21-10-6-8-19(27)14-21/h5-14H,4H2,1-3H3,(H,28,31,34). The molecular weight excluding hydrogens is 453 g/mol. The van der Waals surface area contributed by atoms with Crippen LogP contribution in [0.5, 0.6) is 0 Å². The van der Waals surface area contributed by atoms with Crippen molar-refractivity contribution >= 4 is 35.6 Å². The molecule has 1 saturated heterocycles. The molecule has 0 radical (unpaired) electrons. The molecule has 3 aromatic rings. The monoisotopic (exact) mass is 475 g/mol. The highest BCUT2D eigenvalue weighted by atomic mass is 19.1. The molecule has 9 heteroatoms. The molecule has 1 fully saturated rings. The Morgan fingerprint density at radius 3 is 2.46 bits per heavy atom. The van der Waals surface area contributed by atoms with Gasteiger partial charge >= 0.3 is 12.0 Å². The van der Waals surface area contributed by atoms with E-state index < -0.39 is 29.6 Å². The number of esters is 1. The van der Waals surface area contributed by atoms with Gasteiger partial charge in [0, 0.05) is 17.1 Å². The molecule has 1 aliphatic rings. The Bertz CT molecular complexity index is 1410. The molecule has 0 saturated carbocycles. The molecule has 35 heavy (non-hydrogen) atoms. The summed E-state index contributed by atoms with van der Waals surface area (Å²) in [5.41, 5.74) is 2.88.